The molecular formula is C7H4BrClS2. The van der Waals surface area contributed by atoms with Gasteiger partial charge in [0.1, 0.15) is 0 Å². The van der Waals surface area contributed by atoms with Gasteiger partial charge >= 0.3 is 0 Å². The Morgan fingerprint density at radius 1 is 1.27 bits per heavy atom. The topological polar surface area (TPSA) is 0 Å². The van der Waals surface area contributed by atoms with Crippen LogP contribution in [0.1, 0.15) is 4.88 Å². The lowest BCUT2D eigenvalue weighted by Crippen LogP contribution is -1.59. The van der Waals surface area contributed by atoms with Gasteiger partial charge in [0.15, 0.2) is 0 Å². The van der Waals surface area contributed by atoms with Gasteiger partial charge in [0.05, 0.1) is 9.67 Å². The Kier molecular flexibility index (Phi) is 2.23. The summed E-state index contributed by atoms with van der Waals surface area (Å²) in [6.07, 6.45) is 0. The van der Waals surface area contributed by atoms with Gasteiger partial charge in [-0.05, 0) is 28.1 Å². The lowest BCUT2D eigenvalue weighted by molar-refractivity contribution is 1.55. The molecule has 0 spiro atoms. The van der Waals surface area contributed by atoms with Crippen LogP contribution in [0.5, 0.6) is 0 Å². The molecular weight excluding hydrogens is 264 g/mol. The highest BCUT2D eigenvalue weighted by Crippen LogP contribution is 2.36. The van der Waals surface area contributed by atoms with Gasteiger partial charge in [-0.25, -0.2) is 0 Å². The average Bonchev–Trinajstić information content (AvgIpc) is 2.43. The quantitative estimate of drug-likeness (QED) is 0.669. The van der Waals surface area contributed by atoms with Gasteiger partial charge in [0.25, 0.3) is 0 Å². The zero-order valence-electron chi connectivity index (χ0n) is 5.43. The molecule has 0 N–H and O–H groups in total. The lowest BCUT2D eigenvalue weighted by atomic mass is 10.5. The van der Waals surface area contributed by atoms with E-state index in [4.69, 9.17) is 11.6 Å². The third kappa shape index (κ3) is 1.47. The molecule has 2 rings (SSSR count). The van der Waals surface area contributed by atoms with Gasteiger partial charge in [-0.1, -0.05) is 0 Å². The zero-order valence-corrected chi connectivity index (χ0v) is 9.41. The Bertz CT molecular complexity index is 345. The predicted octanol–water partition coefficient (Wildman–Crippen LogP) is 4.46. The molecule has 0 unspecified atom stereocenters. The summed E-state index contributed by atoms with van der Waals surface area (Å²) in [5.41, 5.74) is 0. The van der Waals surface area contributed by atoms with Gasteiger partial charge in [-0.2, -0.15) is 0 Å². The van der Waals surface area contributed by atoms with Crippen LogP contribution in [-0.2, 0) is 5.88 Å². The molecule has 58 valence electrons. The van der Waals surface area contributed by atoms with Crippen LogP contribution in [0.15, 0.2) is 15.9 Å². The first kappa shape index (κ1) is 8.05. The second kappa shape index (κ2) is 3.05. The summed E-state index contributed by atoms with van der Waals surface area (Å²) in [4.78, 5) is 1.25. The zero-order chi connectivity index (χ0) is 7.84. The van der Waals surface area contributed by atoms with E-state index < -0.39 is 0 Å². The highest BCUT2D eigenvalue weighted by atomic mass is 79.9. The first-order valence-corrected chi connectivity index (χ1v) is 5.99. The van der Waals surface area contributed by atoms with Crippen molar-refractivity contribution in [3.63, 3.8) is 0 Å². The molecule has 0 aliphatic heterocycles. The molecule has 0 bridgehead atoms. The van der Waals surface area contributed by atoms with Gasteiger partial charge < -0.3 is 0 Å². The SMILES string of the molecule is ClCc1cc2sc(Br)cc2s1. The van der Waals surface area contributed by atoms with Crippen molar-refractivity contribution < 1.29 is 0 Å². The smallest absolute Gasteiger partial charge is 0.0719 e. The number of hydrogen-bond acceptors (Lipinski definition) is 2. The molecule has 0 nitrogen and oxygen atoms in total. The van der Waals surface area contributed by atoms with Crippen molar-refractivity contribution in [1.29, 1.82) is 0 Å². The van der Waals surface area contributed by atoms with E-state index >= 15 is 0 Å². The van der Waals surface area contributed by atoms with Crippen molar-refractivity contribution in [3.8, 4) is 0 Å². The highest BCUT2D eigenvalue weighted by Gasteiger charge is 2.03. The molecule has 0 atom stereocenters. The maximum absolute atomic E-state index is 5.70. The highest BCUT2D eigenvalue weighted by molar-refractivity contribution is 9.11. The number of alkyl halides is 1. The van der Waals surface area contributed by atoms with Crippen LogP contribution < -0.4 is 0 Å². The van der Waals surface area contributed by atoms with Crippen molar-refractivity contribution in [3.05, 3.63) is 20.8 Å². The summed E-state index contributed by atoms with van der Waals surface area (Å²) >= 11 is 12.7. The standard InChI is InChI=1S/C7H4BrClS2/c8-7-2-6-5(11-7)1-4(3-9)10-6/h1-2H,3H2. The van der Waals surface area contributed by atoms with Gasteiger partial charge in [0.2, 0.25) is 0 Å². The molecule has 0 saturated heterocycles. The summed E-state index contributed by atoms with van der Waals surface area (Å²) < 4.78 is 3.86. The van der Waals surface area contributed by atoms with Crippen LogP contribution in [0.2, 0.25) is 0 Å². The van der Waals surface area contributed by atoms with Gasteiger partial charge in [-0.15, -0.1) is 34.3 Å². The van der Waals surface area contributed by atoms with E-state index in [1.165, 1.54) is 18.1 Å². The van der Waals surface area contributed by atoms with Crippen molar-refractivity contribution >= 4 is 59.6 Å². The molecule has 0 saturated carbocycles. The third-order valence-corrected chi connectivity index (χ3v) is 4.60. The molecule has 0 aliphatic carbocycles. The first-order valence-electron chi connectivity index (χ1n) is 3.03. The maximum atomic E-state index is 5.70. The van der Waals surface area contributed by atoms with E-state index in [-0.39, 0.29) is 0 Å². The Morgan fingerprint density at radius 3 is 2.64 bits per heavy atom. The van der Waals surface area contributed by atoms with Gasteiger partial charge in [-0.3, -0.25) is 0 Å². The molecule has 0 aliphatic rings. The maximum Gasteiger partial charge on any atom is 0.0719 e. The van der Waals surface area contributed by atoms with Crippen molar-refractivity contribution in [2.24, 2.45) is 0 Å². The Labute approximate surface area is 85.9 Å². The van der Waals surface area contributed by atoms with Crippen molar-refractivity contribution in [1.82, 2.24) is 0 Å². The minimum Gasteiger partial charge on any atom is -0.138 e. The number of fused-ring (bicyclic) bond motifs is 1. The van der Waals surface area contributed by atoms with Crippen LogP contribution >= 0.6 is 50.2 Å². The summed E-state index contributed by atoms with van der Waals surface area (Å²) in [7, 11) is 0. The summed E-state index contributed by atoms with van der Waals surface area (Å²) in [5.74, 6) is 0.629. The van der Waals surface area contributed by atoms with Crippen molar-refractivity contribution in [2.45, 2.75) is 5.88 Å². The van der Waals surface area contributed by atoms with Crippen LogP contribution in [-0.4, -0.2) is 0 Å². The Balaban J connectivity index is 2.64. The Morgan fingerprint density at radius 2 is 2.00 bits per heavy atom. The number of thiophene rings is 2. The summed E-state index contributed by atoms with van der Waals surface area (Å²) in [6.45, 7) is 0. The molecule has 0 aromatic carbocycles. The van der Waals surface area contributed by atoms with E-state index in [0.717, 1.165) is 0 Å². The molecule has 2 aromatic heterocycles. The monoisotopic (exact) mass is 266 g/mol. The minimum absolute atomic E-state index is 0.629. The minimum atomic E-state index is 0.629. The summed E-state index contributed by atoms with van der Waals surface area (Å²) in [5, 5.41) is 0. The predicted molar refractivity (Wildman–Crippen MR) is 57.0 cm³/mol. The largest absolute Gasteiger partial charge is 0.138 e. The second-order valence-corrected chi connectivity index (χ2v) is 6.02. The third-order valence-electron chi connectivity index (χ3n) is 1.36. The normalized spacial score (nSPS) is 11.1. The fourth-order valence-electron chi connectivity index (χ4n) is 0.922. The van der Waals surface area contributed by atoms with E-state index in [0.29, 0.717) is 5.88 Å². The molecule has 0 fully saturated rings. The lowest BCUT2D eigenvalue weighted by Gasteiger charge is -1.79. The van der Waals surface area contributed by atoms with E-state index in [1.54, 1.807) is 22.7 Å². The fourth-order valence-corrected chi connectivity index (χ4v) is 4.06. The van der Waals surface area contributed by atoms with Crippen LogP contribution in [0.25, 0.3) is 9.40 Å². The van der Waals surface area contributed by atoms with Gasteiger partial charge in [0, 0.05) is 14.3 Å². The second-order valence-electron chi connectivity index (χ2n) is 2.13. The van der Waals surface area contributed by atoms with Crippen molar-refractivity contribution in [2.75, 3.05) is 0 Å². The number of halogens is 2. The molecule has 2 heterocycles. The molecule has 0 radical (unpaired) electrons. The first-order chi connectivity index (χ1) is 5.29. The molecule has 0 amide bonds. The number of rotatable bonds is 1. The Hall–Kier alpha value is 0.430. The van der Waals surface area contributed by atoms with Crippen LogP contribution in [0.4, 0.5) is 0 Å². The van der Waals surface area contributed by atoms with E-state index in [9.17, 15) is 0 Å². The molecule has 2 aromatic rings. The molecule has 11 heavy (non-hydrogen) atoms. The average molecular weight is 268 g/mol. The van der Waals surface area contributed by atoms with Crippen LogP contribution in [0, 0.1) is 0 Å². The number of hydrogen-bond donors (Lipinski definition) is 0. The molecule has 4 heteroatoms. The van der Waals surface area contributed by atoms with Crippen LogP contribution in [0.3, 0.4) is 0 Å². The van der Waals surface area contributed by atoms with E-state index in [1.807, 2.05) is 0 Å². The van der Waals surface area contributed by atoms with E-state index in [2.05, 4.69) is 28.1 Å². The summed E-state index contributed by atoms with van der Waals surface area (Å²) in [6, 6.07) is 4.29. The fraction of sp³-hybridized carbons (Fsp3) is 0.143.